The van der Waals surface area contributed by atoms with E-state index in [0.717, 1.165) is 45.4 Å². The van der Waals surface area contributed by atoms with Gasteiger partial charge < -0.3 is 19.0 Å². The van der Waals surface area contributed by atoms with Gasteiger partial charge in [0, 0.05) is 26.2 Å². The van der Waals surface area contributed by atoms with E-state index in [-0.39, 0.29) is 24.5 Å². The fourth-order valence-electron chi connectivity index (χ4n) is 3.05. The number of carbonyl (C=O) groups is 2. The van der Waals surface area contributed by atoms with Gasteiger partial charge in [-0.2, -0.15) is 0 Å². The number of carbonyl (C=O) groups excluding carboxylic acids is 2. The van der Waals surface area contributed by atoms with Gasteiger partial charge >= 0.3 is 0 Å². The normalized spacial score (nSPS) is 21.3. The Balaban J connectivity index is 1.67. The highest BCUT2D eigenvalue weighted by atomic mass is 16.5. The molecule has 22 heavy (non-hydrogen) atoms. The molecule has 2 saturated heterocycles. The summed E-state index contributed by atoms with van der Waals surface area (Å²) in [6.07, 6.45) is 6.97. The highest BCUT2D eigenvalue weighted by Crippen LogP contribution is 2.16. The van der Waals surface area contributed by atoms with Crippen LogP contribution in [0.2, 0.25) is 0 Å². The molecule has 2 aliphatic rings. The lowest BCUT2D eigenvalue weighted by atomic mass is 10.2. The van der Waals surface area contributed by atoms with Crippen molar-refractivity contribution in [2.75, 3.05) is 32.8 Å². The van der Waals surface area contributed by atoms with Crippen molar-refractivity contribution in [1.82, 2.24) is 9.80 Å². The summed E-state index contributed by atoms with van der Waals surface area (Å²) in [6.45, 7) is 2.91. The van der Waals surface area contributed by atoms with Gasteiger partial charge in [0.1, 0.15) is 12.8 Å². The summed E-state index contributed by atoms with van der Waals surface area (Å²) in [5.41, 5.74) is 0.479. The number of likely N-dealkylation sites (tertiary alicyclic amines) is 1. The van der Waals surface area contributed by atoms with Gasteiger partial charge in [-0.15, -0.1) is 0 Å². The minimum atomic E-state index is -0.170. The molecule has 3 heterocycles. The van der Waals surface area contributed by atoms with Crippen LogP contribution in [0.15, 0.2) is 23.0 Å². The van der Waals surface area contributed by atoms with Gasteiger partial charge in [0.15, 0.2) is 0 Å². The van der Waals surface area contributed by atoms with Gasteiger partial charge in [0.2, 0.25) is 5.91 Å². The van der Waals surface area contributed by atoms with E-state index in [2.05, 4.69) is 0 Å². The molecular weight excluding hydrogens is 284 g/mol. The molecule has 0 radical (unpaired) electrons. The topological polar surface area (TPSA) is 63.0 Å². The molecule has 3 rings (SSSR count). The Labute approximate surface area is 130 Å². The molecule has 2 amide bonds. The lowest BCUT2D eigenvalue weighted by Crippen LogP contribution is -2.44. The van der Waals surface area contributed by atoms with Crippen molar-refractivity contribution >= 4 is 11.8 Å². The number of ether oxygens (including phenoxy) is 1. The first-order valence-electron chi connectivity index (χ1n) is 7.95. The van der Waals surface area contributed by atoms with Gasteiger partial charge in [-0.25, -0.2) is 0 Å². The lowest BCUT2D eigenvalue weighted by Gasteiger charge is -2.26. The summed E-state index contributed by atoms with van der Waals surface area (Å²) >= 11 is 0. The van der Waals surface area contributed by atoms with E-state index in [9.17, 15) is 9.59 Å². The summed E-state index contributed by atoms with van der Waals surface area (Å²) in [5.74, 6) is -0.149. The molecule has 0 N–H and O–H groups in total. The first kappa shape index (κ1) is 15.1. The molecule has 6 heteroatoms. The van der Waals surface area contributed by atoms with Crippen LogP contribution in [0.1, 0.15) is 36.0 Å². The summed E-state index contributed by atoms with van der Waals surface area (Å²) in [4.78, 5) is 28.4. The minimum Gasteiger partial charge on any atom is -0.472 e. The monoisotopic (exact) mass is 306 g/mol. The van der Waals surface area contributed by atoms with Gasteiger partial charge in [0.05, 0.1) is 17.9 Å². The van der Waals surface area contributed by atoms with Crippen molar-refractivity contribution in [3.63, 3.8) is 0 Å². The predicted octanol–water partition coefficient (Wildman–Crippen LogP) is 1.52. The molecule has 0 saturated carbocycles. The average Bonchev–Trinajstić information content (AvgIpc) is 3.26. The molecule has 0 bridgehead atoms. The molecule has 2 aliphatic heterocycles. The number of hydrogen-bond donors (Lipinski definition) is 0. The van der Waals surface area contributed by atoms with E-state index in [1.165, 1.54) is 12.5 Å². The van der Waals surface area contributed by atoms with E-state index < -0.39 is 0 Å². The fourth-order valence-corrected chi connectivity index (χ4v) is 3.05. The summed E-state index contributed by atoms with van der Waals surface area (Å²) < 4.78 is 10.6. The summed E-state index contributed by atoms with van der Waals surface area (Å²) in [6, 6.07) is 1.63. The summed E-state index contributed by atoms with van der Waals surface area (Å²) in [5, 5.41) is 0. The molecule has 0 spiro atoms. The van der Waals surface area contributed by atoms with Crippen LogP contribution in [-0.4, -0.2) is 60.5 Å². The molecule has 120 valence electrons. The van der Waals surface area contributed by atoms with Crippen molar-refractivity contribution < 1.29 is 18.7 Å². The molecule has 0 aliphatic carbocycles. The van der Waals surface area contributed by atoms with Gasteiger partial charge in [0.25, 0.3) is 5.91 Å². The van der Waals surface area contributed by atoms with E-state index in [1.54, 1.807) is 11.0 Å². The van der Waals surface area contributed by atoms with Crippen LogP contribution in [-0.2, 0) is 9.53 Å². The molecule has 2 fully saturated rings. The summed E-state index contributed by atoms with van der Waals surface area (Å²) in [7, 11) is 0. The SMILES string of the molecule is O=C(CN(C[C@H]1CCCO1)C(=O)c1ccoc1)N1CCCC1. The number of nitrogens with zero attached hydrogens (tertiary/aromatic N) is 2. The van der Waals surface area contributed by atoms with Crippen molar-refractivity contribution in [1.29, 1.82) is 0 Å². The van der Waals surface area contributed by atoms with Gasteiger partial charge in [-0.05, 0) is 31.7 Å². The quantitative estimate of drug-likeness (QED) is 0.827. The third kappa shape index (κ3) is 3.50. The van der Waals surface area contributed by atoms with Crippen LogP contribution in [0, 0.1) is 0 Å². The van der Waals surface area contributed by atoms with Crippen LogP contribution < -0.4 is 0 Å². The molecule has 0 aromatic carbocycles. The Morgan fingerprint density at radius 2 is 2.09 bits per heavy atom. The Morgan fingerprint density at radius 1 is 1.27 bits per heavy atom. The van der Waals surface area contributed by atoms with Crippen LogP contribution in [0.3, 0.4) is 0 Å². The van der Waals surface area contributed by atoms with Gasteiger partial charge in [-0.3, -0.25) is 9.59 Å². The molecule has 1 atom stereocenters. The number of hydrogen-bond acceptors (Lipinski definition) is 4. The van der Waals surface area contributed by atoms with Crippen LogP contribution in [0.5, 0.6) is 0 Å². The molecular formula is C16H22N2O4. The third-order valence-electron chi connectivity index (χ3n) is 4.29. The van der Waals surface area contributed by atoms with Crippen LogP contribution in [0.4, 0.5) is 0 Å². The predicted molar refractivity (Wildman–Crippen MR) is 79.4 cm³/mol. The fraction of sp³-hybridized carbons (Fsp3) is 0.625. The number of furan rings is 1. The lowest BCUT2D eigenvalue weighted by molar-refractivity contribution is -0.131. The van der Waals surface area contributed by atoms with E-state index in [0.29, 0.717) is 12.1 Å². The molecule has 0 unspecified atom stereocenters. The maximum atomic E-state index is 12.6. The van der Waals surface area contributed by atoms with E-state index in [1.807, 2.05) is 4.90 Å². The second-order valence-electron chi connectivity index (χ2n) is 5.92. The Kier molecular flexibility index (Phi) is 4.77. The number of amides is 2. The van der Waals surface area contributed by atoms with E-state index >= 15 is 0 Å². The third-order valence-corrected chi connectivity index (χ3v) is 4.29. The zero-order valence-electron chi connectivity index (χ0n) is 12.7. The van der Waals surface area contributed by atoms with Gasteiger partial charge in [-0.1, -0.05) is 0 Å². The molecule has 6 nitrogen and oxygen atoms in total. The Morgan fingerprint density at radius 3 is 2.73 bits per heavy atom. The molecule has 1 aromatic heterocycles. The zero-order chi connectivity index (χ0) is 15.4. The highest BCUT2D eigenvalue weighted by Gasteiger charge is 2.28. The average molecular weight is 306 g/mol. The van der Waals surface area contributed by atoms with Crippen molar-refractivity contribution in [2.45, 2.75) is 31.8 Å². The Hall–Kier alpha value is -1.82. The first-order valence-corrected chi connectivity index (χ1v) is 7.95. The maximum Gasteiger partial charge on any atom is 0.257 e. The minimum absolute atomic E-state index is 0.0207. The molecule has 1 aromatic rings. The zero-order valence-corrected chi connectivity index (χ0v) is 12.7. The smallest absolute Gasteiger partial charge is 0.257 e. The van der Waals surface area contributed by atoms with Crippen molar-refractivity contribution in [3.05, 3.63) is 24.2 Å². The van der Waals surface area contributed by atoms with Crippen molar-refractivity contribution in [3.8, 4) is 0 Å². The standard InChI is InChI=1S/C16H22N2O4/c19-15(17-6-1-2-7-17)11-18(10-14-4-3-8-22-14)16(20)13-5-9-21-12-13/h5,9,12,14H,1-4,6-8,10-11H2/t14-/m1/s1. The van der Waals surface area contributed by atoms with E-state index in [4.69, 9.17) is 9.15 Å². The largest absolute Gasteiger partial charge is 0.472 e. The second-order valence-corrected chi connectivity index (χ2v) is 5.92. The Bertz CT molecular complexity index is 502. The van der Waals surface area contributed by atoms with Crippen LogP contribution in [0.25, 0.3) is 0 Å². The second kappa shape index (κ2) is 6.96. The number of rotatable bonds is 5. The van der Waals surface area contributed by atoms with Crippen LogP contribution >= 0.6 is 0 Å². The highest BCUT2D eigenvalue weighted by molar-refractivity contribution is 5.96. The maximum absolute atomic E-state index is 12.6. The first-order chi connectivity index (χ1) is 10.7. The van der Waals surface area contributed by atoms with Crippen molar-refractivity contribution in [2.24, 2.45) is 0 Å².